The third kappa shape index (κ3) is 6.57. The maximum absolute atomic E-state index is 11.6. The number of carbonyl (C=O) groups is 2. The first-order valence-corrected chi connectivity index (χ1v) is 11.1. The van der Waals surface area contributed by atoms with Crippen LogP contribution < -0.4 is 0 Å². The molecule has 2 rings (SSSR count). The Balaban J connectivity index is 1.85. The van der Waals surface area contributed by atoms with E-state index in [0.29, 0.717) is 12.8 Å². The van der Waals surface area contributed by atoms with Gasteiger partial charge >= 0.3 is 11.9 Å². The van der Waals surface area contributed by atoms with Crippen LogP contribution in [0.4, 0.5) is 0 Å². The molecule has 2 fully saturated rings. The molecule has 4 nitrogen and oxygen atoms in total. The van der Waals surface area contributed by atoms with Gasteiger partial charge in [-0.2, -0.15) is 23.5 Å². The summed E-state index contributed by atoms with van der Waals surface area (Å²) < 4.78 is 11.2. The van der Waals surface area contributed by atoms with Crippen LogP contribution in [0.3, 0.4) is 0 Å². The van der Waals surface area contributed by atoms with E-state index in [1.165, 1.54) is 17.9 Å². The van der Waals surface area contributed by atoms with Crippen LogP contribution >= 0.6 is 23.5 Å². The summed E-state index contributed by atoms with van der Waals surface area (Å²) in [6.45, 7) is 2.18. The molecule has 2 aliphatic rings. The smallest absolute Gasteiger partial charge is 0.306 e. The topological polar surface area (TPSA) is 52.6 Å². The van der Waals surface area contributed by atoms with Crippen molar-refractivity contribution < 1.29 is 19.1 Å². The number of thioether (sulfide) groups is 2. The summed E-state index contributed by atoms with van der Waals surface area (Å²) in [7, 11) is 0. The Morgan fingerprint density at radius 3 is 2.09 bits per heavy atom. The number of ether oxygens (including phenoxy) is 2. The lowest BCUT2D eigenvalue weighted by atomic mass is 9.88. The Hall–Kier alpha value is -0.360. The molecule has 0 saturated carbocycles. The Morgan fingerprint density at radius 2 is 1.57 bits per heavy atom. The standard InChI is InChI=1S/C17H28O4S2/c1-2-22-10-5-11-23-12-13(14-6-3-8-16(18)20-14)15-7-4-9-17(19)21-15/h13-15H,2-12H2,1H3. The van der Waals surface area contributed by atoms with Crippen molar-refractivity contribution in [2.75, 3.05) is 23.0 Å². The molecular formula is C17H28O4S2. The largest absolute Gasteiger partial charge is 0.462 e. The van der Waals surface area contributed by atoms with Gasteiger partial charge in [-0.25, -0.2) is 0 Å². The van der Waals surface area contributed by atoms with E-state index in [9.17, 15) is 9.59 Å². The molecule has 6 heteroatoms. The first-order valence-electron chi connectivity index (χ1n) is 8.75. The number of hydrogen-bond donors (Lipinski definition) is 0. The van der Waals surface area contributed by atoms with Gasteiger partial charge < -0.3 is 9.47 Å². The van der Waals surface area contributed by atoms with Crippen LogP contribution in [0.5, 0.6) is 0 Å². The Bertz CT molecular complexity index is 361. The predicted octanol–water partition coefficient (Wildman–Crippen LogP) is 3.67. The van der Waals surface area contributed by atoms with Crippen molar-refractivity contribution in [2.24, 2.45) is 5.92 Å². The van der Waals surface area contributed by atoms with Gasteiger partial charge in [0.15, 0.2) is 0 Å². The van der Waals surface area contributed by atoms with Gasteiger partial charge in [-0.05, 0) is 49.4 Å². The number of hydrogen-bond acceptors (Lipinski definition) is 6. The molecule has 2 atom stereocenters. The summed E-state index contributed by atoms with van der Waals surface area (Å²) in [4.78, 5) is 23.3. The third-order valence-electron chi connectivity index (χ3n) is 4.35. The van der Waals surface area contributed by atoms with Gasteiger partial charge in [-0.3, -0.25) is 9.59 Å². The third-order valence-corrected chi connectivity index (χ3v) is 6.54. The van der Waals surface area contributed by atoms with E-state index in [0.717, 1.165) is 37.2 Å². The van der Waals surface area contributed by atoms with E-state index in [1.807, 2.05) is 23.5 Å². The van der Waals surface area contributed by atoms with E-state index in [4.69, 9.17) is 9.47 Å². The molecule has 0 aliphatic carbocycles. The summed E-state index contributed by atoms with van der Waals surface area (Å²) in [5, 5.41) is 0. The summed E-state index contributed by atoms with van der Waals surface area (Å²) in [6, 6.07) is 0. The average molecular weight is 361 g/mol. The van der Waals surface area contributed by atoms with Gasteiger partial charge in [0.2, 0.25) is 0 Å². The van der Waals surface area contributed by atoms with Gasteiger partial charge in [0.05, 0.1) is 0 Å². The van der Waals surface area contributed by atoms with Crippen molar-refractivity contribution in [1.82, 2.24) is 0 Å². The second-order valence-electron chi connectivity index (χ2n) is 6.13. The summed E-state index contributed by atoms with van der Waals surface area (Å²) in [6.07, 6.45) is 5.66. The van der Waals surface area contributed by atoms with Crippen LogP contribution in [0.1, 0.15) is 51.9 Å². The quantitative estimate of drug-likeness (QED) is 0.462. The van der Waals surface area contributed by atoms with Crippen molar-refractivity contribution in [3.05, 3.63) is 0 Å². The molecule has 0 radical (unpaired) electrons. The molecule has 0 spiro atoms. The molecule has 2 saturated heterocycles. The molecule has 0 amide bonds. The van der Waals surface area contributed by atoms with Crippen LogP contribution in [0.25, 0.3) is 0 Å². The first-order chi connectivity index (χ1) is 11.2. The van der Waals surface area contributed by atoms with Gasteiger partial charge in [-0.1, -0.05) is 6.92 Å². The summed E-state index contributed by atoms with van der Waals surface area (Å²) >= 11 is 3.88. The fourth-order valence-electron chi connectivity index (χ4n) is 3.15. The van der Waals surface area contributed by atoms with Gasteiger partial charge in [0.1, 0.15) is 12.2 Å². The molecule has 2 aliphatic heterocycles. The van der Waals surface area contributed by atoms with Gasteiger partial charge in [-0.15, -0.1) is 0 Å². The maximum atomic E-state index is 11.6. The highest BCUT2D eigenvalue weighted by atomic mass is 32.2. The Morgan fingerprint density at radius 1 is 1.00 bits per heavy atom. The highest BCUT2D eigenvalue weighted by molar-refractivity contribution is 8.00. The van der Waals surface area contributed by atoms with Crippen LogP contribution in [0.2, 0.25) is 0 Å². The molecule has 132 valence electrons. The lowest BCUT2D eigenvalue weighted by Gasteiger charge is -2.36. The number of cyclic esters (lactones) is 2. The Kier molecular flexibility index (Phi) is 8.66. The van der Waals surface area contributed by atoms with Crippen molar-refractivity contribution in [3.63, 3.8) is 0 Å². The highest BCUT2D eigenvalue weighted by Crippen LogP contribution is 2.32. The Labute approximate surface area is 147 Å². The first kappa shape index (κ1) is 19.0. The minimum absolute atomic E-state index is 0.0790. The van der Waals surface area contributed by atoms with E-state index >= 15 is 0 Å². The second kappa shape index (κ2) is 10.5. The molecule has 0 bridgehead atoms. The van der Waals surface area contributed by atoms with Crippen LogP contribution in [0, 0.1) is 5.92 Å². The van der Waals surface area contributed by atoms with E-state index in [1.54, 1.807) is 0 Å². The molecule has 0 aromatic carbocycles. The molecular weight excluding hydrogens is 332 g/mol. The zero-order valence-electron chi connectivity index (χ0n) is 14.0. The minimum Gasteiger partial charge on any atom is -0.462 e. The van der Waals surface area contributed by atoms with Crippen LogP contribution in [-0.4, -0.2) is 47.2 Å². The fraction of sp³-hybridized carbons (Fsp3) is 0.882. The zero-order valence-corrected chi connectivity index (χ0v) is 15.6. The maximum Gasteiger partial charge on any atom is 0.306 e. The number of esters is 2. The van der Waals surface area contributed by atoms with Crippen molar-refractivity contribution in [3.8, 4) is 0 Å². The molecule has 23 heavy (non-hydrogen) atoms. The van der Waals surface area contributed by atoms with E-state index < -0.39 is 0 Å². The normalized spacial score (nSPS) is 26.5. The second-order valence-corrected chi connectivity index (χ2v) is 8.67. The predicted molar refractivity (Wildman–Crippen MR) is 95.9 cm³/mol. The lowest BCUT2D eigenvalue weighted by molar-refractivity contribution is -0.168. The average Bonchev–Trinajstić information content (AvgIpc) is 2.54. The van der Waals surface area contributed by atoms with E-state index in [-0.39, 0.29) is 30.1 Å². The number of carbonyl (C=O) groups excluding carboxylic acids is 2. The molecule has 2 unspecified atom stereocenters. The zero-order chi connectivity index (χ0) is 16.5. The van der Waals surface area contributed by atoms with Crippen molar-refractivity contribution in [2.45, 2.75) is 64.1 Å². The SMILES string of the molecule is CCSCCCSCC(C1CCCC(=O)O1)C1CCCC(=O)O1. The fourth-order valence-corrected chi connectivity index (χ4v) is 5.19. The lowest BCUT2D eigenvalue weighted by Crippen LogP contribution is -2.42. The highest BCUT2D eigenvalue weighted by Gasteiger charge is 2.37. The number of rotatable bonds is 9. The van der Waals surface area contributed by atoms with Gasteiger partial charge in [0, 0.05) is 24.5 Å². The molecule has 0 aromatic rings. The van der Waals surface area contributed by atoms with Crippen LogP contribution in [-0.2, 0) is 19.1 Å². The summed E-state index contributed by atoms with van der Waals surface area (Å²) in [5.74, 6) is 4.34. The minimum atomic E-state index is -0.0993. The monoisotopic (exact) mass is 360 g/mol. The molecule has 2 heterocycles. The molecule has 0 aromatic heterocycles. The van der Waals surface area contributed by atoms with Crippen LogP contribution in [0.15, 0.2) is 0 Å². The van der Waals surface area contributed by atoms with E-state index in [2.05, 4.69) is 6.92 Å². The summed E-state index contributed by atoms with van der Waals surface area (Å²) in [5.41, 5.74) is 0. The van der Waals surface area contributed by atoms with Crippen molar-refractivity contribution in [1.29, 1.82) is 0 Å². The van der Waals surface area contributed by atoms with Gasteiger partial charge in [0.25, 0.3) is 0 Å². The van der Waals surface area contributed by atoms with Crippen molar-refractivity contribution >= 4 is 35.5 Å². The molecule has 0 N–H and O–H groups in total.